The molecule has 6 heteroatoms. The van der Waals surface area contributed by atoms with Crippen molar-refractivity contribution in [2.24, 2.45) is 4.99 Å². The van der Waals surface area contributed by atoms with E-state index in [0.717, 1.165) is 0 Å². The summed E-state index contributed by atoms with van der Waals surface area (Å²) in [5, 5.41) is 0. The maximum Gasteiger partial charge on any atom is 0.255 e. The zero-order valence-electron chi connectivity index (χ0n) is 10.3. The molecule has 0 amide bonds. The van der Waals surface area contributed by atoms with Crippen LogP contribution >= 0.6 is 0 Å². The highest BCUT2D eigenvalue weighted by atomic mass is 15.3. The van der Waals surface area contributed by atoms with Crippen LogP contribution in [0.15, 0.2) is 30.6 Å². The molecule has 0 radical (unpaired) electrons. The van der Waals surface area contributed by atoms with Gasteiger partial charge in [0.2, 0.25) is 11.9 Å². The fraction of sp³-hybridized carbons (Fsp3) is 0.273. The van der Waals surface area contributed by atoms with E-state index in [4.69, 9.17) is 0 Å². The maximum atomic E-state index is 4.27. The van der Waals surface area contributed by atoms with Crippen molar-refractivity contribution in [2.45, 2.75) is 6.92 Å². The van der Waals surface area contributed by atoms with Gasteiger partial charge in [-0.2, -0.15) is 15.0 Å². The van der Waals surface area contributed by atoms with E-state index in [1.165, 1.54) is 0 Å². The quantitative estimate of drug-likeness (QED) is 0.724. The number of aromatic nitrogens is 3. The van der Waals surface area contributed by atoms with Crippen LogP contribution in [-0.2, 0) is 0 Å². The number of anilines is 2. The molecule has 0 bridgehead atoms. The lowest BCUT2D eigenvalue weighted by atomic mass is 10.7. The Labute approximate surface area is 101 Å². The monoisotopic (exact) mass is 232 g/mol. The van der Waals surface area contributed by atoms with E-state index in [-0.39, 0.29) is 0 Å². The van der Waals surface area contributed by atoms with Crippen LogP contribution in [0, 0.1) is 0 Å². The molecule has 0 atom stereocenters. The summed E-state index contributed by atoms with van der Waals surface area (Å²) in [5.74, 6) is 1.33. The highest BCUT2D eigenvalue weighted by molar-refractivity contribution is 5.58. The molecule has 90 valence electrons. The first-order valence-electron chi connectivity index (χ1n) is 5.08. The van der Waals surface area contributed by atoms with Crippen molar-refractivity contribution in [3.8, 4) is 0 Å². The molecule has 0 N–H and O–H groups in total. The highest BCUT2D eigenvalue weighted by Crippen LogP contribution is 2.16. The van der Waals surface area contributed by atoms with Crippen molar-refractivity contribution in [1.29, 1.82) is 0 Å². The second-order valence-corrected chi connectivity index (χ2v) is 3.21. The maximum absolute atomic E-state index is 4.27. The van der Waals surface area contributed by atoms with Gasteiger partial charge < -0.3 is 9.80 Å². The Morgan fingerprint density at radius 1 is 1.00 bits per heavy atom. The molecular weight excluding hydrogens is 216 g/mol. The molecule has 0 saturated carbocycles. The summed E-state index contributed by atoms with van der Waals surface area (Å²) in [7, 11) is 3.61. The lowest BCUT2D eigenvalue weighted by Crippen LogP contribution is -2.17. The molecule has 0 fully saturated rings. The van der Waals surface area contributed by atoms with Gasteiger partial charge in [-0.25, -0.2) is 4.99 Å². The summed E-state index contributed by atoms with van der Waals surface area (Å²) in [5.41, 5.74) is 0. The van der Waals surface area contributed by atoms with Crippen molar-refractivity contribution in [2.75, 3.05) is 23.9 Å². The first-order valence-corrected chi connectivity index (χ1v) is 5.08. The zero-order valence-corrected chi connectivity index (χ0v) is 10.3. The zero-order chi connectivity index (χ0) is 12.8. The lowest BCUT2D eigenvalue weighted by Gasteiger charge is -2.15. The molecule has 0 saturated heterocycles. The average Bonchev–Trinajstić information content (AvgIpc) is 2.36. The second kappa shape index (κ2) is 5.74. The Hall–Kier alpha value is -2.24. The summed E-state index contributed by atoms with van der Waals surface area (Å²) in [6.07, 6.45) is 4.86. The minimum absolute atomic E-state index is 0.356. The van der Waals surface area contributed by atoms with Gasteiger partial charge in [0, 0.05) is 20.3 Å². The predicted octanol–water partition coefficient (Wildman–Crippen LogP) is 1.75. The van der Waals surface area contributed by atoms with Crippen LogP contribution < -0.4 is 9.80 Å². The topological polar surface area (TPSA) is 57.5 Å². The molecule has 1 aromatic rings. The fourth-order valence-electron chi connectivity index (χ4n) is 0.995. The van der Waals surface area contributed by atoms with E-state index in [2.05, 4.69) is 33.1 Å². The molecule has 0 aliphatic carbocycles. The smallest absolute Gasteiger partial charge is 0.255 e. The average molecular weight is 232 g/mol. The third-order valence-electron chi connectivity index (χ3n) is 2.02. The number of aliphatic imine (C=N–C) groups is 1. The van der Waals surface area contributed by atoms with E-state index < -0.39 is 0 Å². The third-order valence-corrected chi connectivity index (χ3v) is 2.02. The summed E-state index contributed by atoms with van der Waals surface area (Å²) in [6.45, 7) is 9.12. The van der Waals surface area contributed by atoms with Crippen LogP contribution in [0.3, 0.4) is 0 Å². The molecule has 0 spiro atoms. The van der Waals surface area contributed by atoms with Crippen LogP contribution in [0.2, 0.25) is 0 Å². The van der Waals surface area contributed by atoms with Crippen LogP contribution in [0.5, 0.6) is 0 Å². The summed E-state index contributed by atoms with van der Waals surface area (Å²) < 4.78 is 0. The third kappa shape index (κ3) is 3.10. The summed E-state index contributed by atoms with van der Waals surface area (Å²) >= 11 is 0. The Balaban J connectivity index is 3.27. The Morgan fingerprint density at radius 3 is 1.82 bits per heavy atom. The second-order valence-electron chi connectivity index (χ2n) is 3.21. The molecule has 6 nitrogen and oxygen atoms in total. The molecular formula is C11H16N6. The highest BCUT2D eigenvalue weighted by Gasteiger charge is 2.09. The van der Waals surface area contributed by atoms with Crippen LogP contribution in [0.1, 0.15) is 6.92 Å². The number of hydrogen-bond donors (Lipinski definition) is 0. The van der Waals surface area contributed by atoms with Gasteiger partial charge in [0.15, 0.2) is 0 Å². The molecule has 0 aliphatic rings. The Morgan fingerprint density at radius 2 is 1.47 bits per heavy atom. The van der Waals surface area contributed by atoms with E-state index in [0.29, 0.717) is 17.8 Å². The van der Waals surface area contributed by atoms with Crippen LogP contribution in [0.4, 0.5) is 17.8 Å². The van der Waals surface area contributed by atoms with Crippen LogP contribution in [0.25, 0.3) is 0 Å². The first-order chi connectivity index (χ1) is 8.12. The van der Waals surface area contributed by atoms with Crippen molar-refractivity contribution in [3.05, 3.63) is 25.6 Å². The standard InChI is InChI=1S/C11H16N6/c1-6-12-9-13-10(16(4)7-2)15-11(14-9)17(5)8-3/h6-8H,2-3H2,1,4-5H3. The number of rotatable bonds is 5. The van der Waals surface area contributed by atoms with Crippen LogP contribution in [-0.4, -0.2) is 35.3 Å². The fourth-order valence-corrected chi connectivity index (χ4v) is 0.995. The van der Waals surface area contributed by atoms with Gasteiger partial charge in [-0.15, -0.1) is 0 Å². The predicted molar refractivity (Wildman–Crippen MR) is 70.9 cm³/mol. The minimum Gasteiger partial charge on any atom is -0.321 e. The van der Waals surface area contributed by atoms with Gasteiger partial charge in [0.25, 0.3) is 5.95 Å². The summed E-state index contributed by atoms with van der Waals surface area (Å²) in [6, 6.07) is 0. The van der Waals surface area contributed by atoms with Gasteiger partial charge in [0.1, 0.15) is 0 Å². The molecule has 0 aromatic carbocycles. The van der Waals surface area contributed by atoms with Crippen molar-refractivity contribution >= 4 is 24.1 Å². The van der Waals surface area contributed by atoms with Crippen molar-refractivity contribution in [1.82, 2.24) is 15.0 Å². The Bertz CT molecular complexity index is 407. The normalized spacial score (nSPS) is 10.3. The number of nitrogens with zero attached hydrogens (tertiary/aromatic N) is 6. The van der Waals surface area contributed by atoms with E-state index >= 15 is 0 Å². The lowest BCUT2D eigenvalue weighted by molar-refractivity contribution is 0.945. The molecule has 1 rings (SSSR count). The van der Waals surface area contributed by atoms with Crippen molar-refractivity contribution < 1.29 is 0 Å². The van der Waals surface area contributed by atoms with Gasteiger partial charge in [-0.05, 0) is 19.3 Å². The van der Waals surface area contributed by atoms with Gasteiger partial charge >= 0.3 is 0 Å². The minimum atomic E-state index is 0.356. The van der Waals surface area contributed by atoms with Crippen molar-refractivity contribution in [3.63, 3.8) is 0 Å². The Kier molecular flexibility index (Phi) is 4.33. The van der Waals surface area contributed by atoms with Gasteiger partial charge in [-0.3, -0.25) is 0 Å². The number of hydrogen-bond acceptors (Lipinski definition) is 6. The SMILES string of the molecule is C=CN(C)c1nc(N=CC)nc(N(C)C=C)n1. The van der Waals surface area contributed by atoms with E-state index in [9.17, 15) is 0 Å². The molecule has 1 heterocycles. The van der Waals surface area contributed by atoms with Gasteiger partial charge in [-0.1, -0.05) is 13.2 Å². The first kappa shape index (κ1) is 12.8. The molecule has 17 heavy (non-hydrogen) atoms. The van der Waals surface area contributed by atoms with E-state index in [1.54, 1.807) is 49.4 Å². The van der Waals surface area contributed by atoms with E-state index in [1.807, 2.05) is 0 Å². The molecule has 1 aromatic heterocycles. The largest absolute Gasteiger partial charge is 0.321 e. The van der Waals surface area contributed by atoms with Gasteiger partial charge in [0.05, 0.1) is 0 Å². The molecule has 0 aliphatic heterocycles. The molecule has 0 unspecified atom stereocenters. The summed E-state index contributed by atoms with van der Waals surface area (Å²) in [4.78, 5) is 20.1.